The number of thiazole rings is 1. The van der Waals surface area contributed by atoms with E-state index in [9.17, 15) is 4.79 Å². The van der Waals surface area contributed by atoms with Crippen molar-refractivity contribution in [2.45, 2.75) is 31.4 Å². The summed E-state index contributed by atoms with van der Waals surface area (Å²) in [6.45, 7) is 1.16. The van der Waals surface area contributed by atoms with Gasteiger partial charge in [-0.25, -0.2) is 4.98 Å². The Balaban J connectivity index is 0.00000144. The molecular formula is C16H23Cl2N3O2S. The standard InChI is InChI=1S/C16H21N3O2S.2ClH/c1-21-11(10-17)9-15(20)19-8-4-6-13(19)16-18-12-5-2-3-7-14(12)22-16;;/h2-3,5,7,11,13H,4,6,8-10,17H2,1H3;2*1H. The molecule has 2 atom stereocenters. The maximum absolute atomic E-state index is 12.5. The van der Waals surface area contributed by atoms with Crippen LogP contribution in [0.1, 0.15) is 30.3 Å². The van der Waals surface area contributed by atoms with Crippen LogP contribution >= 0.6 is 36.2 Å². The summed E-state index contributed by atoms with van der Waals surface area (Å²) in [5.74, 6) is 0.110. The number of amides is 1. The third kappa shape index (κ3) is 4.37. The lowest BCUT2D eigenvalue weighted by molar-refractivity contribution is -0.134. The molecule has 2 N–H and O–H groups in total. The van der Waals surface area contributed by atoms with Crippen LogP contribution in [-0.2, 0) is 9.53 Å². The van der Waals surface area contributed by atoms with Gasteiger partial charge in [-0.05, 0) is 25.0 Å². The maximum atomic E-state index is 12.5. The quantitative estimate of drug-likeness (QED) is 0.849. The van der Waals surface area contributed by atoms with Crippen molar-refractivity contribution in [3.8, 4) is 0 Å². The number of benzene rings is 1. The zero-order chi connectivity index (χ0) is 15.5. The van der Waals surface area contributed by atoms with Crippen molar-refractivity contribution >= 4 is 52.3 Å². The topological polar surface area (TPSA) is 68.5 Å². The van der Waals surface area contributed by atoms with Crippen LogP contribution in [0.3, 0.4) is 0 Å². The van der Waals surface area contributed by atoms with Gasteiger partial charge in [0.2, 0.25) is 5.91 Å². The summed E-state index contributed by atoms with van der Waals surface area (Å²) in [6, 6.07) is 8.21. The van der Waals surface area contributed by atoms with Crippen molar-refractivity contribution in [2.75, 3.05) is 20.2 Å². The predicted molar refractivity (Wildman–Crippen MR) is 102 cm³/mol. The normalized spacial score (nSPS) is 18.1. The first kappa shape index (κ1) is 21.1. The summed E-state index contributed by atoms with van der Waals surface area (Å²) in [4.78, 5) is 19.2. The third-order valence-corrected chi connectivity index (χ3v) is 5.30. The van der Waals surface area contributed by atoms with E-state index in [0.29, 0.717) is 13.0 Å². The van der Waals surface area contributed by atoms with E-state index >= 15 is 0 Å². The number of aromatic nitrogens is 1. The third-order valence-electron chi connectivity index (χ3n) is 4.17. The van der Waals surface area contributed by atoms with Gasteiger partial charge in [0.15, 0.2) is 0 Å². The van der Waals surface area contributed by atoms with Gasteiger partial charge in [-0.15, -0.1) is 36.2 Å². The van der Waals surface area contributed by atoms with E-state index in [-0.39, 0.29) is 42.9 Å². The highest BCUT2D eigenvalue weighted by Crippen LogP contribution is 2.36. The minimum absolute atomic E-state index is 0. The lowest BCUT2D eigenvalue weighted by Gasteiger charge is -2.25. The first-order chi connectivity index (χ1) is 10.7. The van der Waals surface area contributed by atoms with Gasteiger partial charge in [0.05, 0.1) is 28.8 Å². The Kier molecular flexibility index (Phi) is 8.39. The van der Waals surface area contributed by atoms with Gasteiger partial charge in [0, 0.05) is 20.2 Å². The molecular weight excluding hydrogens is 369 g/mol. The van der Waals surface area contributed by atoms with Crippen molar-refractivity contribution in [2.24, 2.45) is 5.73 Å². The fraction of sp³-hybridized carbons (Fsp3) is 0.500. The number of hydrogen-bond donors (Lipinski definition) is 1. The van der Waals surface area contributed by atoms with Crippen LogP contribution in [0.15, 0.2) is 24.3 Å². The number of methoxy groups -OCH3 is 1. The van der Waals surface area contributed by atoms with Gasteiger partial charge in [0.1, 0.15) is 5.01 Å². The summed E-state index contributed by atoms with van der Waals surface area (Å²) in [5, 5.41) is 1.04. The summed E-state index contributed by atoms with van der Waals surface area (Å²) in [5.41, 5.74) is 6.63. The minimum atomic E-state index is -0.205. The van der Waals surface area contributed by atoms with Crippen LogP contribution < -0.4 is 5.73 Å². The summed E-state index contributed by atoms with van der Waals surface area (Å²) in [6.07, 6.45) is 2.14. The van der Waals surface area contributed by atoms with Crippen molar-refractivity contribution in [3.05, 3.63) is 29.3 Å². The zero-order valence-electron chi connectivity index (χ0n) is 13.5. The highest BCUT2D eigenvalue weighted by molar-refractivity contribution is 7.18. The van der Waals surface area contributed by atoms with E-state index in [1.165, 1.54) is 4.70 Å². The molecule has 2 unspecified atom stereocenters. The largest absolute Gasteiger partial charge is 0.380 e. The molecule has 8 heteroatoms. The fourth-order valence-corrected chi connectivity index (χ4v) is 4.04. The van der Waals surface area contributed by atoms with Crippen LogP contribution in [0.5, 0.6) is 0 Å². The molecule has 1 fully saturated rings. The summed E-state index contributed by atoms with van der Waals surface area (Å²) >= 11 is 1.69. The Morgan fingerprint density at radius 3 is 2.88 bits per heavy atom. The van der Waals surface area contributed by atoms with Gasteiger partial charge in [-0.1, -0.05) is 12.1 Å². The molecule has 0 radical (unpaired) electrons. The van der Waals surface area contributed by atoms with Crippen LogP contribution in [-0.4, -0.2) is 42.1 Å². The first-order valence-electron chi connectivity index (χ1n) is 7.60. The molecule has 1 saturated heterocycles. The van der Waals surface area contributed by atoms with Crippen LogP contribution in [0.2, 0.25) is 0 Å². The average Bonchev–Trinajstić information content (AvgIpc) is 3.17. The average molecular weight is 392 g/mol. The van der Waals surface area contributed by atoms with Gasteiger partial charge in [0.25, 0.3) is 0 Å². The van der Waals surface area contributed by atoms with E-state index in [1.807, 2.05) is 23.1 Å². The molecule has 1 aliphatic rings. The van der Waals surface area contributed by atoms with E-state index in [0.717, 1.165) is 29.9 Å². The van der Waals surface area contributed by atoms with E-state index in [1.54, 1.807) is 18.4 Å². The molecule has 24 heavy (non-hydrogen) atoms. The number of carbonyl (C=O) groups is 1. The molecule has 0 saturated carbocycles. The minimum Gasteiger partial charge on any atom is -0.380 e. The molecule has 1 amide bonds. The second kappa shape index (κ2) is 9.53. The van der Waals surface area contributed by atoms with Crippen LogP contribution in [0.25, 0.3) is 10.2 Å². The number of likely N-dealkylation sites (tertiary alicyclic amines) is 1. The molecule has 134 valence electrons. The molecule has 0 spiro atoms. The molecule has 1 aromatic carbocycles. The second-order valence-electron chi connectivity index (χ2n) is 5.56. The smallest absolute Gasteiger partial charge is 0.225 e. The molecule has 2 heterocycles. The number of para-hydroxylation sites is 1. The number of rotatable bonds is 5. The molecule has 2 aromatic rings. The van der Waals surface area contributed by atoms with Crippen molar-refractivity contribution in [1.29, 1.82) is 0 Å². The Morgan fingerprint density at radius 2 is 2.21 bits per heavy atom. The number of nitrogens with zero attached hydrogens (tertiary/aromatic N) is 2. The molecule has 1 aliphatic heterocycles. The zero-order valence-corrected chi connectivity index (χ0v) is 16.0. The Hall–Kier alpha value is -0.920. The molecule has 5 nitrogen and oxygen atoms in total. The molecule has 0 bridgehead atoms. The van der Waals surface area contributed by atoms with E-state index < -0.39 is 0 Å². The van der Waals surface area contributed by atoms with Crippen molar-refractivity contribution < 1.29 is 9.53 Å². The van der Waals surface area contributed by atoms with Gasteiger partial charge < -0.3 is 15.4 Å². The number of nitrogens with two attached hydrogens (primary N) is 1. The Morgan fingerprint density at radius 1 is 1.46 bits per heavy atom. The van der Waals surface area contributed by atoms with Gasteiger partial charge in [-0.3, -0.25) is 4.79 Å². The predicted octanol–water partition coefficient (Wildman–Crippen LogP) is 3.17. The number of fused-ring (bicyclic) bond motifs is 1. The number of hydrogen-bond acceptors (Lipinski definition) is 5. The Bertz CT molecular complexity index is 631. The van der Waals surface area contributed by atoms with Crippen LogP contribution in [0, 0.1) is 0 Å². The van der Waals surface area contributed by atoms with Gasteiger partial charge >= 0.3 is 0 Å². The highest BCUT2D eigenvalue weighted by Gasteiger charge is 2.32. The van der Waals surface area contributed by atoms with Gasteiger partial charge in [-0.2, -0.15) is 0 Å². The highest BCUT2D eigenvalue weighted by atomic mass is 35.5. The monoisotopic (exact) mass is 391 g/mol. The first-order valence-corrected chi connectivity index (χ1v) is 8.42. The fourth-order valence-electron chi connectivity index (χ4n) is 2.93. The molecule has 0 aliphatic carbocycles. The number of halogens is 2. The number of carbonyl (C=O) groups excluding carboxylic acids is 1. The number of ether oxygens (including phenoxy) is 1. The van der Waals surface area contributed by atoms with Crippen molar-refractivity contribution in [3.63, 3.8) is 0 Å². The summed E-state index contributed by atoms with van der Waals surface area (Å²) in [7, 11) is 1.60. The van der Waals surface area contributed by atoms with E-state index in [4.69, 9.17) is 15.5 Å². The summed E-state index contributed by atoms with van der Waals surface area (Å²) < 4.78 is 6.41. The maximum Gasteiger partial charge on any atom is 0.225 e. The SMILES string of the molecule is COC(CN)CC(=O)N1CCCC1c1nc2ccccc2s1.Cl.Cl. The Labute approximate surface area is 158 Å². The van der Waals surface area contributed by atoms with Crippen molar-refractivity contribution in [1.82, 2.24) is 9.88 Å². The molecule has 1 aromatic heterocycles. The second-order valence-corrected chi connectivity index (χ2v) is 6.62. The molecule has 3 rings (SSSR count). The van der Waals surface area contributed by atoms with Crippen LogP contribution in [0.4, 0.5) is 0 Å². The lowest BCUT2D eigenvalue weighted by Crippen LogP contribution is -2.35. The lowest BCUT2D eigenvalue weighted by atomic mass is 10.2. The van der Waals surface area contributed by atoms with E-state index in [2.05, 4.69) is 6.07 Å².